The Morgan fingerprint density at radius 3 is 2.41 bits per heavy atom. The van der Waals surface area contributed by atoms with Crippen LogP contribution in [0.1, 0.15) is 111 Å². The smallest absolute Gasteiger partial charge is 0.408 e. The van der Waals surface area contributed by atoms with Crippen LogP contribution in [0.25, 0.3) is 0 Å². The Hall–Kier alpha value is -2.78. The lowest BCUT2D eigenvalue weighted by atomic mass is 9.78. The molecule has 14 heteroatoms. The fourth-order valence-electron chi connectivity index (χ4n) is 9.05. The minimum absolute atomic E-state index is 0.132. The Labute approximate surface area is 302 Å². The molecule has 2 aliphatic carbocycles. The molecule has 3 saturated heterocycles. The third kappa shape index (κ3) is 8.89. The zero-order valence-electron chi connectivity index (χ0n) is 31.0. The first kappa shape index (κ1) is 38.0. The number of alkyl carbamates (subject to hydrolysis) is 1. The van der Waals surface area contributed by atoms with Gasteiger partial charge in [0.15, 0.2) is 0 Å². The second-order valence-corrected chi connectivity index (χ2v) is 16.7. The largest absolute Gasteiger partial charge is 0.479 e. The van der Waals surface area contributed by atoms with E-state index in [1.165, 1.54) is 6.42 Å². The molecule has 0 bridgehead atoms. The molecule has 8 atom stereocenters. The van der Waals surface area contributed by atoms with Crippen LogP contribution in [-0.4, -0.2) is 113 Å². The maximum absolute atomic E-state index is 14.5. The summed E-state index contributed by atoms with van der Waals surface area (Å²) in [4.78, 5) is 55.9. The van der Waals surface area contributed by atoms with Crippen molar-refractivity contribution >= 4 is 23.9 Å². The molecule has 3 unspecified atom stereocenters. The number of hydrogen-bond acceptors (Lipinski definition) is 10. The molecule has 3 amide bonds. The molecule has 0 radical (unpaired) electrons. The summed E-state index contributed by atoms with van der Waals surface area (Å²) in [6.07, 6.45) is 15.3. The van der Waals surface area contributed by atoms with E-state index >= 15 is 0 Å². The zero-order chi connectivity index (χ0) is 36.3. The van der Waals surface area contributed by atoms with Gasteiger partial charge in [-0.15, -0.1) is 0 Å². The first-order chi connectivity index (χ1) is 24.4. The van der Waals surface area contributed by atoms with E-state index in [9.17, 15) is 24.3 Å². The maximum Gasteiger partial charge on any atom is 0.408 e. The van der Waals surface area contributed by atoms with Crippen LogP contribution in [0, 0.1) is 11.8 Å². The number of allylic oxidation sites excluding steroid dienone is 1. The van der Waals surface area contributed by atoms with Gasteiger partial charge in [0.2, 0.25) is 11.8 Å². The number of carboxylic acids is 1. The van der Waals surface area contributed by atoms with E-state index in [0.29, 0.717) is 37.7 Å². The molecule has 5 fully saturated rings. The number of carboxylic acid groups (broad SMARTS) is 1. The van der Waals surface area contributed by atoms with Crippen molar-refractivity contribution in [2.45, 2.75) is 164 Å². The summed E-state index contributed by atoms with van der Waals surface area (Å²) in [5, 5.41) is 21.8. The first-order valence-corrected chi connectivity index (χ1v) is 19.5. The highest BCUT2D eigenvalue weighted by atomic mass is 16.6. The van der Waals surface area contributed by atoms with Crippen molar-refractivity contribution in [2.24, 2.45) is 11.8 Å². The molecular formula is C37H61N7O7. The topological polar surface area (TPSA) is 174 Å². The van der Waals surface area contributed by atoms with Gasteiger partial charge in [-0.3, -0.25) is 9.59 Å². The van der Waals surface area contributed by atoms with Crippen LogP contribution < -0.4 is 26.8 Å². The van der Waals surface area contributed by atoms with Crippen LogP contribution in [-0.2, 0) is 23.9 Å². The molecule has 51 heavy (non-hydrogen) atoms. The van der Waals surface area contributed by atoms with Gasteiger partial charge in [-0.1, -0.05) is 31.4 Å². The van der Waals surface area contributed by atoms with Gasteiger partial charge in [0.1, 0.15) is 23.2 Å². The van der Waals surface area contributed by atoms with Crippen molar-refractivity contribution in [3.8, 4) is 0 Å². The van der Waals surface area contributed by atoms with Gasteiger partial charge in [0.25, 0.3) is 0 Å². The van der Waals surface area contributed by atoms with Crippen molar-refractivity contribution in [3.05, 3.63) is 12.2 Å². The number of nitrogens with zero attached hydrogens (tertiary/aromatic N) is 2. The van der Waals surface area contributed by atoms with Crippen LogP contribution in [0.3, 0.4) is 0 Å². The first-order valence-electron chi connectivity index (χ1n) is 19.5. The number of methoxy groups -OCH3 is 1. The molecule has 2 saturated carbocycles. The van der Waals surface area contributed by atoms with Crippen molar-refractivity contribution < 1.29 is 33.8 Å². The van der Waals surface area contributed by atoms with Crippen LogP contribution in [0.5, 0.6) is 0 Å². The second kappa shape index (κ2) is 16.1. The average molecular weight is 716 g/mol. The van der Waals surface area contributed by atoms with E-state index in [2.05, 4.69) is 26.8 Å². The van der Waals surface area contributed by atoms with E-state index in [4.69, 9.17) is 9.47 Å². The monoisotopic (exact) mass is 715 g/mol. The lowest BCUT2D eigenvalue weighted by Gasteiger charge is -2.37. The van der Waals surface area contributed by atoms with Gasteiger partial charge in [0.05, 0.1) is 18.2 Å². The Kier molecular flexibility index (Phi) is 12.0. The molecule has 6 rings (SSSR count). The number of rotatable bonds is 6. The quantitative estimate of drug-likeness (QED) is 0.223. The standard InChI is InChI=1S/C37H61N7O7/c1-36(2,3)51-35(49)39-28-14-9-7-5-6-8-12-24-21-37(24,34(47)48)40-32(45)29-20-25(22-43(29)33(28)46)44-41-30(23-15-17-26(50-4)18-16-23)31(42-44)27-13-10-11-19-38-27/h8,12,23-31,38,41-42H,5-7,9-11,13-22H2,1-4H3,(H,39,49)(H,40,45)(H,47,48)/b12-8-/t23?,24-,25+,26?,27?,28-,29+,30?,31?,37+/m1/s1. The molecule has 6 aliphatic rings. The zero-order valence-corrected chi connectivity index (χ0v) is 31.0. The fourth-order valence-corrected chi connectivity index (χ4v) is 9.05. The van der Waals surface area contributed by atoms with Crippen molar-refractivity contribution in [3.63, 3.8) is 0 Å². The van der Waals surface area contributed by atoms with E-state index in [0.717, 1.165) is 64.3 Å². The molecular weight excluding hydrogens is 654 g/mol. The summed E-state index contributed by atoms with van der Waals surface area (Å²) in [6.45, 7) is 6.54. The number of ether oxygens (including phenoxy) is 2. The predicted octanol–water partition coefficient (Wildman–Crippen LogP) is 2.74. The second-order valence-electron chi connectivity index (χ2n) is 16.7. The van der Waals surface area contributed by atoms with Gasteiger partial charge in [-0.25, -0.2) is 20.4 Å². The molecule has 4 aliphatic heterocycles. The summed E-state index contributed by atoms with van der Waals surface area (Å²) < 4.78 is 11.2. The van der Waals surface area contributed by atoms with Gasteiger partial charge in [-0.2, -0.15) is 5.12 Å². The Bertz CT molecular complexity index is 1290. The van der Waals surface area contributed by atoms with Gasteiger partial charge >= 0.3 is 12.1 Å². The van der Waals surface area contributed by atoms with Gasteiger partial charge in [0, 0.05) is 31.7 Å². The molecule has 0 spiro atoms. The van der Waals surface area contributed by atoms with E-state index in [1.54, 1.807) is 32.8 Å². The number of hydrogen-bond donors (Lipinski definition) is 6. The third-order valence-electron chi connectivity index (χ3n) is 12.0. The number of aliphatic carboxylic acids is 1. The summed E-state index contributed by atoms with van der Waals surface area (Å²) in [7, 11) is 1.79. The summed E-state index contributed by atoms with van der Waals surface area (Å²) in [6, 6.07) is -1.49. The molecule has 0 aromatic heterocycles. The number of hydrazine groups is 2. The number of carbonyl (C=O) groups excluding carboxylic acids is 3. The lowest BCUT2D eigenvalue weighted by molar-refractivity contribution is -0.145. The van der Waals surface area contributed by atoms with E-state index in [-0.39, 0.29) is 42.5 Å². The van der Waals surface area contributed by atoms with Crippen LogP contribution >= 0.6 is 0 Å². The van der Waals surface area contributed by atoms with Crippen molar-refractivity contribution in [1.29, 1.82) is 0 Å². The highest BCUT2D eigenvalue weighted by Crippen LogP contribution is 2.45. The lowest BCUT2D eigenvalue weighted by Crippen LogP contribution is -2.56. The molecule has 0 aromatic carbocycles. The average Bonchev–Trinajstić information content (AvgIpc) is 3.40. The third-order valence-corrected chi connectivity index (χ3v) is 12.0. The summed E-state index contributed by atoms with van der Waals surface area (Å²) >= 11 is 0. The molecule has 0 aromatic rings. The van der Waals surface area contributed by atoms with Gasteiger partial charge < -0.3 is 35.4 Å². The van der Waals surface area contributed by atoms with Crippen molar-refractivity contribution in [2.75, 3.05) is 20.2 Å². The molecule has 286 valence electrons. The summed E-state index contributed by atoms with van der Waals surface area (Å²) in [5.41, 5.74) is 5.47. The number of piperidine rings is 1. The van der Waals surface area contributed by atoms with E-state index in [1.807, 2.05) is 17.3 Å². The normalized spacial score (nSPS) is 39.1. The maximum atomic E-state index is 14.5. The van der Waals surface area contributed by atoms with E-state index < -0.39 is 41.2 Å². The van der Waals surface area contributed by atoms with Crippen LogP contribution in [0.15, 0.2) is 12.2 Å². The SMILES string of the molecule is COC1CCC(C2NN([C@H]3C[C@H]4C(=O)N[C@@]5(C(=O)O)C[C@H]5/C=C\CCCCC[C@@H](NC(=O)OC(C)(C)C)C(=O)N4C3)NC2C2CCCCN2)CC1. The Balaban J connectivity index is 1.26. The van der Waals surface area contributed by atoms with Crippen molar-refractivity contribution in [1.82, 2.24) is 36.8 Å². The molecule has 4 heterocycles. The number of nitrogens with one attached hydrogen (secondary N) is 5. The van der Waals surface area contributed by atoms with Crippen LogP contribution in [0.4, 0.5) is 4.79 Å². The Morgan fingerprint density at radius 2 is 1.73 bits per heavy atom. The fraction of sp³-hybridized carbons (Fsp3) is 0.838. The minimum atomic E-state index is -1.39. The summed E-state index contributed by atoms with van der Waals surface area (Å²) in [5.74, 6) is -1.76. The van der Waals surface area contributed by atoms with Crippen LogP contribution in [0.2, 0.25) is 0 Å². The molecule has 14 nitrogen and oxygen atoms in total. The predicted molar refractivity (Wildman–Crippen MR) is 190 cm³/mol. The Morgan fingerprint density at radius 1 is 0.980 bits per heavy atom. The number of fused-ring (bicyclic) bond motifs is 2. The highest BCUT2D eigenvalue weighted by Gasteiger charge is 2.61. The van der Waals surface area contributed by atoms with Gasteiger partial charge in [-0.05, 0) is 104 Å². The highest BCUT2D eigenvalue weighted by molar-refractivity contribution is 5.96. The molecule has 6 N–H and O–H groups in total. The minimum Gasteiger partial charge on any atom is -0.479 e. The number of amides is 3. The number of carbonyl (C=O) groups is 4.